The fraction of sp³-hybridized carbons (Fsp3) is 0.409. The topological polar surface area (TPSA) is 84.7 Å². The van der Waals surface area contributed by atoms with Crippen LogP contribution in [0.4, 0.5) is 0 Å². The minimum atomic E-state index is -1.31. The van der Waals surface area contributed by atoms with E-state index in [1.807, 2.05) is 23.1 Å². The van der Waals surface area contributed by atoms with Crippen LogP contribution >= 0.6 is 22.9 Å². The van der Waals surface area contributed by atoms with E-state index in [-0.39, 0.29) is 18.9 Å². The Kier molecular flexibility index (Phi) is 6.05. The van der Waals surface area contributed by atoms with Crippen LogP contribution in [0.25, 0.3) is 11.0 Å². The van der Waals surface area contributed by atoms with Gasteiger partial charge in [0.05, 0.1) is 30.5 Å². The lowest BCUT2D eigenvalue weighted by molar-refractivity contribution is -0.162. The highest BCUT2D eigenvalue weighted by Crippen LogP contribution is 2.32. The fourth-order valence-electron chi connectivity index (χ4n) is 3.85. The van der Waals surface area contributed by atoms with Gasteiger partial charge in [0.15, 0.2) is 5.60 Å². The summed E-state index contributed by atoms with van der Waals surface area (Å²) >= 11 is 7.66. The van der Waals surface area contributed by atoms with Crippen molar-refractivity contribution >= 4 is 45.8 Å². The maximum absolute atomic E-state index is 12.8. The number of halogens is 1. The van der Waals surface area contributed by atoms with E-state index < -0.39 is 11.6 Å². The van der Waals surface area contributed by atoms with E-state index in [0.29, 0.717) is 19.6 Å². The number of hydrogen-bond acceptors (Lipinski definition) is 5. The van der Waals surface area contributed by atoms with Gasteiger partial charge in [-0.1, -0.05) is 11.6 Å². The molecule has 0 aromatic carbocycles. The molecule has 4 rings (SSSR count). The predicted molar refractivity (Wildman–Crippen MR) is 120 cm³/mol. The molecule has 0 bridgehead atoms. The Labute approximate surface area is 189 Å². The lowest BCUT2D eigenvalue weighted by Gasteiger charge is -2.29. The molecule has 0 unspecified atom stereocenters. The van der Waals surface area contributed by atoms with Crippen LogP contribution in [0.15, 0.2) is 30.5 Å². The zero-order chi connectivity index (χ0) is 22.2. The van der Waals surface area contributed by atoms with Gasteiger partial charge in [0.2, 0.25) is 5.91 Å². The molecular formula is C22H24ClN3O4S. The van der Waals surface area contributed by atoms with Gasteiger partial charge in [0.1, 0.15) is 5.65 Å². The fourth-order valence-corrected chi connectivity index (χ4v) is 4.93. The van der Waals surface area contributed by atoms with E-state index in [1.165, 1.54) is 30.7 Å². The van der Waals surface area contributed by atoms with Gasteiger partial charge in [-0.25, -0.2) is 9.78 Å². The van der Waals surface area contributed by atoms with Crippen molar-refractivity contribution in [1.29, 1.82) is 0 Å². The Morgan fingerprint density at radius 1 is 1.32 bits per heavy atom. The van der Waals surface area contributed by atoms with E-state index in [1.54, 1.807) is 6.20 Å². The van der Waals surface area contributed by atoms with Crippen LogP contribution in [0.3, 0.4) is 0 Å². The van der Waals surface area contributed by atoms with Gasteiger partial charge in [-0.2, -0.15) is 0 Å². The molecule has 3 aromatic heterocycles. The van der Waals surface area contributed by atoms with E-state index in [0.717, 1.165) is 32.4 Å². The number of fused-ring (bicyclic) bond motifs is 3. The van der Waals surface area contributed by atoms with Gasteiger partial charge in [0, 0.05) is 28.7 Å². The summed E-state index contributed by atoms with van der Waals surface area (Å²) < 4.78 is 8.32. The minimum Gasteiger partial charge on any atom is -0.479 e. The molecule has 0 spiro atoms. The summed E-state index contributed by atoms with van der Waals surface area (Å²) in [6.07, 6.45) is 2.68. The first kappa shape index (κ1) is 21.8. The van der Waals surface area contributed by atoms with Crippen LogP contribution in [0.2, 0.25) is 4.34 Å². The molecule has 1 N–H and O–H groups in total. The van der Waals surface area contributed by atoms with E-state index in [2.05, 4.69) is 15.6 Å². The SMILES string of the molecule is CC(C)(OCCC(=O)N1CCc2c(n(Cc3ccc(Cl)s3)c3ncccc23)C1)C(=O)O. The Morgan fingerprint density at radius 3 is 2.84 bits per heavy atom. The zero-order valence-electron chi connectivity index (χ0n) is 17.4. The number of aromatic nitrogens is 2. The highest BCUT2D eigenvalue weighted by molar-refractivity contribution is 7.16. The third kappa shape index (κ3) is 4.46. The maximum Gasteiger partial charge on any atom is 0.335 e. The summed E-state index contributed by atoms with van der Waals surface area (Å²) in [5.74, 6) is -1.09. The molecule has 7 nitrogen and oxygen atoms in total. The van der Waals surface area contributed by atoms with Crippen LogP contribution in [-0.2, 0) is 33.8 Å². The lowest BCUT2D eigenvalue weighted by atomic mass is 10.0. The van der Waals surface area contributed by atoms with Gasteiger partial charge in [-0.3, -0.25) is 4.79 Å². The number of thiophene rings is 1. The van der Waals surface area contributed by atoms with Gasteiger partial charge in [-0.15, -0.1) is 11.3 Å². The van der Waals surface area contributed by atoms with Crippen molar-refractivity contribution in [3.05, 3.63) is 50.9 Å². The number of nitrogens with zero attached hydrogens (tertiary/aromatic N) is 3. The summed E-state index contributed by atoms with van der Waals surface area (Å²) in [6.45, 7) is 4.79. The number of rotatable bonds is 7. The van der Waals surface area contributed by atoms with Crippen LogP contribution in [0, 0.1) is 0 Å². The molecule has 164 valence electrons. The smallest absolute Gasteiger partial charge is 0.335 e. The van der Waals surface area contributed by atoms with Crippen molar-refractivity contribution in [2.24, 2.45) is 0 Å². The molecule has 31 heavy (non-hydrogen) atoms. The van der Waals surface area contributed by atoms with Crippen LogP contribution in [0.1, 0.15) is 36.4 Å². The summed E-state index contributed by atoms with van der Waals surface area (Å²) in [5.41, 5.74) is 1.93. The lowest BCUT2D eigenvalue weighted by Crippen LogP contribution is -2.39. The largest absolute Gasteiger partial charge is 0.479 e. The molecule has 9 heteroatoms. The summed E-state index contributed by atoms with van der Waals surface area (Å²) in [4.78, 5) is 31.5. The molecule has 1 aliphatic heterocycles. The summed E-state index contributed by atoms with van der Waals surface area (Å²) in [7, 11) is 0. The number of carbonyl (C=O) groups is 2. The molecule has 0 radical (unpaired) electrons. The third-order valence-electron chi connectivity index (χ3n) is 5.60. The summed E-state index contributed by atoms with van der Waals surface area (Å²) in [5, 5.41) is 10.3. The molecule has 0 atom stereocenters. The first-order chi connectivity index (χ1) is 14.8. The quantitative estimate of drug-likeness (QED) is 0.575. The van der Waals surface area contributed by atoms with E-state index in [4.69, 9.17) is 21.4 Å². The van der Waals surface area contributed by atoms with Crippen molar-refractivity contribution in [3.8, 4) is 0 Å². The van der Waals surface area contributed by atoms with E-state index >= 15 is 0 Å². The number of carboxylic acid groups (broad SMARTS) is 1. The van der Waals surface area contributed by atoms with Gasteiger partial charge < -0.3 is 19.3 Å². The Morgan fingerprint density at radius 2 is 2.13 bits per heavy atom. The number of hydrogen-bond donors (Lipinski definition) is 1. The number of aliphatic carboxylic acids is 1. The molecule has 0 saturated heterocycles. The normalized spacial score (nSPS) is 14.1. The van der Waals surface area contributed by atoms with E-state index in [9.17, 15) is 9.59 Å². The van der Waals surface area contributed by atoms with Crippen molar-refractivity contribution in [2.75, 3.05) is 13.2 Å². The molecule has 4 heterocycles. The molecule has 0 aliphatic carbocycles. The van der Waals surface area contributed by atoms with Crippen molar-refractivity contribution < 1.29 is 19.4 Å². The number of carbonyl (C=O) groups excluding carboxylic acids is 1. The number of ether oxygens (including phenoxy) is 1. The Hall–Kier alpha value is -2.42. The first-order valence-corrected chi connectivity index (χ1v) is 11.3. The molecule has 1 aliphatic rings. The van der Waals surface area contributed by atoms with Crippen LogP contribution < -0.4 is 0 Å². The second kappa shape index (κ2) is 8.61. The van der Waals surface area contributed by atoms with Gasteiger partial charge in [-0.05, 0) is 50.1 Å². The first-order valence-electron chi connectivity index (χ1n) is 10.1. The summed E-state index contributed by atoms with van der Waals surface area (Å²) in [6, 6.07) is 7.93. The van der Waals surface area contributed by atoms with Crippen molar-refractivity contribution in [2.45, 2.75) is 45.4 Å². The molecule has 1 amide bonds. The number of amides is 1. The molecule has 3 aromatic rings. The van der Waals surface area contributed by atoms with Crippen molar-refractivity contribution in [3.63, 3.8) is 0 Å². The second-order valence-corrected chi connectivity index (χ2v) is 9.87. The van der Waals surface area contributed by atoms with Crippen LogP contribution in [-0.4, -0.2) is 50.2 Å². The average Bonchev–Trinajstić information content (AvgIpc) is 3.29. The Balaban J connectivity index is 1.54. The minimum absolute atomic E-state index is 0.0456. The standard InChI is InChI=1S/C22H24ClN3O4S/c1-22(2,21(28)29)30-11-8-19(27)25-10-7-15-16-4-3-9-24-20(16)26(17(15)13-25)12-14-5-6-18(23)31-14/h3-6,9H,7-8,10-13H2,1-2H3,(H,28,29). The predicted octanol–water partition coefficient (Wildman–Crippen LogP) is 3.95. The maximum atomic E-state index is 12.8. The zero-order valence-corrected chi connectivity index (χ0v) is 19.0. The van der Waals surface area contributed by atoms with Gasteiger partial charge in [0.25, 0.3) is 0 Å². The monoisotopic (exact) mass is 461 g/mol. The number of carboxylic acids is 1. The van der Waals surface area contributed by atoms with Crippen LogP contribution in [0.5, 0.6) is 0 Å². The van der Waals surface area contributed by atoms with Crippen molar-refractivity contribution in [1.82, 2.24) is 14.5 Å². The molecule has 0 fully saturated rings. The second-order valence-electron chi connectivity index (χ2n) is 8.07. The molecular weight excluding hydrogens is 438 g/mol. The highest BCUT2D eigenvalue weighted by Gasteiger charge is 2.30. The average molecular weight is 462 g/mol. The highest BCUT2D eigenvalue weighted by atomic mass is 35.5. The number of pyridine rings is 1. The third-order valence-corrected chi connectivity index (χ3v) is 6.82. The van der Waals surface area contributed by atoms with Gasteiger partial charge >= 0.3 is 5.97 Å². The Bertz CT molecular complexity index is 1140. The molecule has 0 saturated carbocycles.